The van der Waals surface area contributed by atoms with E-state index in [1.54, 1.807) is 24.3 Å². The molecular formula is C22H23FN2O4. The van der Waals surface area contributed by atoms with E-state index in [9.17, 15) is 14.0 Å². The average Bonchev–Trinajstić information content (AvgIpc) is 2.75. The van der Waals surface area contributed by atoms with Crippen LogP contribution in [-0.2, 0) is 16.1 Å². The first-order valence-electron chi connectivity index (χ1n) is 9.43. The molecule has 2 aromatic rings. The first-order chi connectivity index (χ1) is 14.0. The molecule has 0 saturated carbocycles. The molecule has 1 N–H and O–H groups in total. The molecule has 0 aromatic heterocycles. The van der Waals surface area contributed by atoms with Gasteiger partial charge in [-0.05, 0) is 48.4 Å². The van der Waals surface area contributed by atoms with Crippen molar-refractivity contribution in [1.82, 2.24) is 10.2 Å². The molecule has 0 fully saturated rings. The lowest BCUT2D eigenvalue weighted by Crippen LogP contribution is -2.39. The lowest BCUT2D eigenvalue weighted by atomic mass is 10.1. The molecule has 1 heterocycles. The highest BCUT2D eigenvalue weighted by Crippen LogP contribution is 2.31. The van der Waals surface area contributed by atoms with E-state index in [1.807, 2.05) is 19.1 Å². The van der Waals surface area contributed by atoms with Gasteiger partial charge in [-0.3, -0.25) is 9.59 Å². The standard InChI is InChI=1S/C22H23FN2O4/c1-2-25(15-21(26)24-14-17-3-7-18(23)8-4-17)22(27)10-6-16-5-9-19-20(13-16)29-12-11-28-19/h3-10,13H,2,11-12,14-15H2,1H3,(H,24,26)/b10-6-. The first-order valence-corrected chi connectivity index (χ1v) is 9.43. The Bertz CT molecular complexity index is 896. The van der Waals surface area contributed by atoms with Crippen LogP contribution in [0.1, 0.15) is 18.1 Å². The van der Waals surface area contributed by atoms with Crippen LogP contribution in [0.5, 0.6) is 11.5 Å². The summed E-state index contributed by atoms with van der Waals surface area (Å²) in [5.41, 5.74) is 1.59. The minimum absolute atomic E-state index is 0.0536. The van der Waals surface area contributed by atoms with Crippen LogP contribution in [0.4, 0.5) is 4.39 Å². The number of carbonyl (C=O) groups is 2. The number of amides is 2. The normalized spacial score (nSPS) is 12.6. The van der Waals surface area contributed by atoms with Crippen molar-refractivity contribution in [2.24, 2.45) is 0 Å². The van der Waals surface area contributed by atoms with Crippen LogP contribution in [0.25, 0.3) is 6.08 Å². The van der Waals surface area contributed by atoms with Crippen LogP contribution in [0.2, 0.25) is 0 Å². The Morgan fingerprint density at radius 1 is 1.10 bits per heavy atom. The monoisotopic (exact) mass is 398 g/mol. The summed E-state index contributed by atoms with van der Waals surface area (Å²) in [5, 5.41) is 2.74. The zero-order valence-corrected chi connectivity index (χ0v) is 16.2. The predicted octanol–water partition coefficient (Wildman–Crippen LogP) is 2.78. The van der Waals surface area contributed by atoms with Gasteiger partial charge in [0.25, 0.3) is 0 Å². The first kappa shape index (κ1) is 20.4. The van der Waals surface area contributed by atoms with Crippen molar-refractivity contribution in [2.45, 2.75) is 13.5 Å². The molecule has 0 atom stereocenters. The molecule has 2 amide bonds. The van der Waals surface area contributed by atoms with Gasteiger partial charge in [0.05, 0.1) is 6.54 Å². The molecule has 0 bridgehead atoms. The van der Waals surface area contributed by atoms with Crippen molar-refractivity contribution in [3.05, 3.63) is 65.5 Å². The number of carbonyl (C=O) groups excluding carboxylic acids is 2. The molecule has 1 aliphatic heterocycles. The highest BCUT2D eigenvalue weighted by Gasteiger charge is 2.14. The van der Waals surface area contributed by atoms with Crippen molar-refractivity contribution in [3.8, 4) is 11.5 Å². The lowest BCUT2D eigenvalue weighted by Gasteiger charge is -2.19. The predicted molar refractivity (Wildman–Crippen MR) is 107 cm³/mol. The summed E-state index contributed by atoms with van der Waals surface area (Å²) >= 11 is 0. The van der Waals surface area contributed by atoms with Gasteiger partial charge in [0.2, 0.25) is 11.8 Å². The Balaban J connectivity index is 1.53. The lowest BCUT2D eigenvalue weighted by molar-refractivity contribution is -0.132. The highest BCUT2D eigenvalue weighted by molar-refractivity contribution is 5.94. The maximum Gasteiger partial charge on any atom is 0.247 e. The van der Waals surface area contributed by atoms with Crippen LogP contribution in [0.3, 0.4) is 0 Å². The fraction of sp³-hybridized carbons (Fsp3) is 0.273. The third kappa shape index (κ3) is 5.81. The molecule has 0 saturated heterocycles. The van der Waals surface area contributed by atoms with E-state index in [-0.39, 0.29) is 30.7 Å². The number of halogens is 1. The zero-order chi connectivity index (χ0) is 20.6. The van der Waals surface area contributed by atoms with Crippen LogP contribution in [0, 0.1) is 5.82 Å². The third-order valence-electron chi connectivity index (χ3n) is 4.42. The highest BCUT2D eigenvalue weighted by atomic mass is 19.1. The summed E-state index contributed by atoms with van der Waals surface area (Å²) in [7, 11) is 0. The van der Waals surface area contributed by atoms with Gasteiger partial charge < -0.3 is 19.7 Å². The summed E-state index contributed by atoms with van der Waals surface area (Å²) in [5.74, 6) is 0.468. The van der Waals surface area contributed by atoms with Crippen LogP contribution in [-0.4, -0.2) is 43.0 Å². The van der Waals surface area contributed by atoms with E-state index in [1.165, 1.54) is 23.1 Å². The number of rotatable bonds is 7. The summed E-state index contributed by atoms with van der Waals surface area (Å²) in [6.45, 7) is 3.45. The fourth-order valence-electron chi connectivity index (χ4n) is 2.81. The van der Waals surface area contributed by atoms with Gasteiger partial charge in [-0.25, -0.2) is 4.39 Å². The number of hydrogen-bond acceptors (Lipinski definition) is 4. The van der Waals surface area contributed by atoms with Gasteiger partial charge in [-0.15, -0.1) is 0 Å². The molecule has 0 radical (unpaired) electrons. The minimum Gasteiger partial charge on any atom is -0.486 e. The number of nitrogens with zero attached hydrogens (tertiary/aromatic N) is 1. The van der Waals surface area contributed by atoms with Crippen molar-refractivity contribution in [3.63, 3.8) is 0 Å². The van der Waals surface area contributed by atoms with Crippen LogP contribution >= 0.6 is 0 Å². The number of benzene rings is 2. The van der Waals surface area contributed by atoms with Crippen molar-refractivity contribution in [2.75, 3.05) is 26.3 Å². The van der Waals surface area contributed by atoms with Gasteiger partial charge in [0.15, 0.2) is 11.5 Å². The quantitative estimate of drug-likeness (QED) is 0.729. The molecule has 1 aliphatic rings. The van der Waals surface area contributed by atoms with Crippen molar-refractivity contribution in [1.29, 1.82) is 0 Å². The molecule has 0 unspecified atom stereocenters. The number of likely N-dealkylation sites (N-methyl/N-ethyl adjacent to an activating group) is 1. The zero-order valence-electron chi connectivity index (χ0n) is 16.2. The number of nitrogens with one attached hydrogen (secondary N) is 1. The van der Waals surface area contributed by atoms with Gasteiger partial charge in [0.1, 0.15) is 19.0 Å². The summed E-state index contributed by atoms with van der Waals surface area (Å²) < 4.78 is 23.9. The molecule has 2 aromatic carbocycles. The molecule has 6 nitrogen and oxygen atoms in total. The van der Waals surface area contributed by atoms with E-state index < -0.39 is 0 Å². The second kappa shape index (κ2) is 9.73. The van der Waals surface area contributed by atoms with Gasteiger partial charge >= 0.3 is 0 Å². The molecule has 29 heavy (non-hydrogen) atoms. The molecule has 0 spiro atoms. The van der Waals surface area contributed by atoms with Gasteiger partial charge in [-0.2, -0.15) is 0 Å². The minimum atomic E-state index is -0.326. The Hall–Kier alpha value is -3.35. The Morgan fingerprint density at radius 3 is 2.55 bits per heavy atom. The fourth-order valence-corrected chi connectivity index (χ4v) is 2.81. The number of fused-ring (bicyclic) bond motifs is 1. The third-order valence-corrected chi connectivity index (χ3v) is 4.42. The van der Waals surface area contributed by atoms with Crippen molar-refractivity contribution >= 4 is 17.9 Å². The second-order valence-electron chi connectivity index (χ2n) is 6.49. The van der Waals surface area contributed by atoms with E-state index in [4.69, 9.17) is 9.47 Å². The van der Waals surface area contributed by atoms with E-state index in [0.717, 1.165) is 11.1 Å². The Labute approximate surface area is 168 Å². The summed E-state index contributed by atoms with van der Waals surface area (Å²) in [6.07, 6.45) is 3.11. The summed E-state index contributed by atoms with van der Waals surface area (Å²) in [6, 6.07) is 11.3. The topological polar surface area (TPSA) is 67.9 Å². The maximum absolute atomic E-state index is 12.9. The van der Waals surface area contributed by atoms with E-state index in [2.05, 4.69) is 5.32 Å². The molecule has 0 aliphatic carbocycles. The Morgan fingerprint density at radius 2 is 1.83 bits per heavy atom. The number of hydrogen-bond donors (Lipinski definition) is 1. The van der Waals surface area contributed by atoms with Crippen molar-refractivity contribution < 1.29 is 23.5 Å². The number of ether oxygens (including phenoxy) is 2. The van der Waals surface area contributed by atoms with Gasteiger partial charge in [0, 0.05) is 19.2 Å². The van der Waals surface area contributed by atoms with E-state index >= 15 is 0 Å². The molecule has 3 rings (SSSR count). The SMILES string of the molecule is CCN(CC(=O)NCc1ccc(F)cc1)C(=O)/C=C\c1ccc2c(c1)OCCO2. The average molecular weight is 398 g/mol. The Kier molecular flexibility index (Phi) is 6.84. The van der Waals surface area contributed by atoms with Crippen LogP contribution < -0.4 is 14.8 Å². The van der Waals surface area contributed by atoms with Gasteiger partial charge in [-0.1, -0.05) is 18.2 Å². The summed E-state index contributed by atoms with van der Waals surface area (Å²) in [4.78, 5) is 26.0. The maximum atomic E-state index is 12.9. The van der Waals surface area contributed by atoms with Crippen LogP contribution in [0.15, 0.2) is 48.5 Å². The molecular weight excluding hydrogens is 375 g/mol. The van der Waals surface area contributed by atoms with E-state index in [0.29, 0.717) is 31.3 Å². The molecule has 152 valence electrons. The molecule has 7 heteroatoms. The largest absolute Gasteiger partial charge is 0.486 e. The smallest absolute Gasteiger partial charge is 0.247 e. The second-order valence-corrected chi connectivity index (χ2v) is 6.49.